The van der Waals surface area contributed by atoms with Crippen LogP contribution in [0, 0.1) is 5.92 Å². The summed E-state index contributed by atoms with van der Waals surface area (Å²) in [5.41, 5.74) is 0. The third-order valence-electron chi connectivity index (χ3n) is 1.46. The lowest BCUT2D eigenvalue weighted by molar-refractivity contribution is -0.221. The molecule has 0 aromatic carbocycles. The Morgan fingerprint density at radius 2 is 1.94 bits per heavy atom. The number of ether oxygens (including phenoxy) is 2. The van der Waals surface area contributed by atoms with E-state index in [2.05, 4.69) is 10.1 Å². The third-order valence-corrected chi connectivity index (χ3v) is 1.46. The van der Waals surface area contributed by atoms with Crippen molar-refractivity contribution in [1.29, 1.82) is 0 Å². The lowest BCUT2D eigenvalue weighted by atomic mass is 10.2. The lowest BCUT2D eigenvalue weighted by Gasteiger charge is -2.11. The van der Waals surface area contributed by atoms with Gasteiger partial charge >= 0.3 is 18.2 Å². The molecule has 0 aliphatic carbocycles. The third kappa shape index (κ3) is 9.49. The minimum Gasteiger partial charge on any atom is -0.464 e. The molecule has 0 heterocycles. The smallest absolute Gasteiger partial charge is 0.407 e. The van der Waals surface area contributed by atoms with E-state index in [0.29, 0.717) is 0 Å². The molecule has 0 radical (unpaired) electrons. The Balaban J connectivity index is 3.56. The van der Waals surface area contributed by atoms with E-state index in [1.54, 1.807) is 13.8 Å². The first-order valence-electron chi connectivity index (χ1n) is 4.90. The standard InChI is InChI=1S/C9H15F2NO5/c1-6(2)7(13)16-4-3-12-8(14)17-5-9(10,11)15/h6,15H,3-5H2,1-2H3,(H,12,14). The Kier molecular flexibility index (Phi) is 6.40. The Hall–Kier alpha value is -1.44. The number of carbonyl (C=O) groups excluding carboxylic acids is 2. The molecule has 0 aromatic rings. The van der Waals surface area contributed by atoms with E-state index < -0.39 is 24.8 Å². The number of rotatable bonds is 6. The number of amides is 1. The van der Waals surface area contributed by atoms with Crippen LogP contribution in [0.25, 0.3) is 0 Å². The van der Waals surface area contributed by atoms with Crippen LogP contribution in [0.2, 0.25) is 0 Å². The van der Waals surface area contributed by atoms with Crippen LogP contribution in [0.15, 0.2) is 0 Å². The van der Waals surface area contributed by atoms with Crippen molar-refractivity contribution in [2.45, 2.75) is 20.0 Å². The average Bonchev–Trinajstić information content (AvgIpc) is 2.20. The van der Waals surface area contributed by atoms with Crippen LogP contribution in [-0.4, -0.2) is 43.0 Å². The first-order valence-corrected chi connectivity index (χ1v) is 4.90. The van der Waals surface area contributed by atoms with E-state index in [-0.39, 0.29) is 19.1 Å². The summed E-state index contributed by atoms with van der Waals surface area (Å²) in [5.74, 6) is -0.711. The molecule has 0 saturated carbocycles. The minimum absolute atomic E-state index is 0.0612. The zero-order chi connectivity index (χ0) is 13.5. The zero-order valence-electron chi connectivity index (χ0n) is 9.53. The lowest BCUT2D eigenvalue weighted by Crippen LogP contribution is -2.33. The second-order valence-corrected chi connectivity index (χ2v) is 3.49. The van der Waals surface area contributed by atoms with Gasteiger partial charge in [-0.3, -0.25) is 4.79 Å². The van der Waals surface area contributed by atoms with Gasteiger partial charge in [-0.1, -0.05) is 13.8 Å². The van der Waals surface area contributed by atoms with Crippen molar-refractivity contribution in [2.24, 2.45) is 5.92 Å². The van der Waals surface area contributed by atoms with Crippen LogP contribution < -0.4 is 5.32 Å². The van der Waals surface area contributed by atoms with Crippen molar-refractivity contribution in [3.05, 3.63) is 0 Å². The molecule has 0 atom stereocenters. The minimum atomic E-state index is -4.05. The van der Waals surface area contributed by atoms with Gasteiger partial charge in [0.05, 0.1) is 12.5 Å². The summed E-state index contributed by atoms with van der Waals surface area (Å²) in [6, 6.07) is 0. The highest BCUT2D eigenvalue weighted by Gasteiger charge is 2.26. The van der Waals surface area contributed by atoms with Crippen molar-refractivity contribution < 1.29 is 33.0 Å². The largest absolute Gasteiger partial charge is 0.464 e. The molecule has 8 heteroatoms. The van der Waals surface area contributed by atoms with Crippen molar-refractivity contribution in [3.8, 4) is 0 Å². The molecule has 0 bridgehead atoms. The topological polar surface area (TPSA) is 84.9 Å². The van der Waals surface area contributed by atoms with Gasteiger partial charge in [-0.25, -0.2) is 4.79 Å². The van der Waals surface area contributed by atoms with Crippen molar-refractivity contribution in [1.82, 2.24) is 5.32 Å². The predicted molar refractivity (Wildman–Crippen MR) is 52.3 cm³/mol. The highest BCUT2D eigenvalue weighted by molar-refractivity contribution is 5.71. The fourth-order valence-corrected chi connectivity index (χ4v) is 0.675. The highest BCUT2D eigenvalue weighted by atomic mass is 19.3. The molecule has 0 fully saturated rings. The fourth-order valence-electron chi connectivity index (χ4n) is 0.675. The predicted octanol–water partition coefficient (Wildman–Crippen LogP) is 0.497. The van der Waals surface area contributed by atoms with Crippen molar-refractivity contribution in [3.63, 3.8) is 0 Å². The Morgan fingerprint density at radius 1 is 1.35 bits per heavy atom. The van der Waals surface area contributed by atoms with Crippen LogP contribution in [0.5, 0.6) is 0 Å². The van der Waals surface area contributed by atoms with Gasteiger partial charge in [0.25, 0.3) is 0 Å². The summed E-state index contributed by atoms with van der Waals surface area (Å²) < 4.78 is 32.4. The van der Waals surface area contributed by atoms with E-state index in [1.807, 2.05) is 0 Å². The molecule has 0 aromatic heterocycles. The SMILES string of the molecule is CC(C)C(=O)OCCNC(=O)OCC(O)(F)F. The normalized spacial score (nSPS) is 11.2. The van der Waals surface area contributed by atoms with Gasteiger partial charge in [-0.15, -0.1) is 0 Å². The summed E-state index contributed by atoms with van der Waals surface area (Å²) in [5, 5.41) is 10.0. The molecule has 0 aliphatic heterocycles. The van der Waals surface area contributed by atoms with Gasteiger partial charge < -0.3 is 19.9 Å². The zero-order valence-corrected chi connectivity index (χ0v) is 9.53. The molecule has 0 aliphatic rings. The number of aliphatic hydroxyl groups is 1. The number of esters is 1. The maximum absolute atomic E-state index is 11.8. The Morgan fingerprint density at radius 3 is 2.41 bits per heavy atom. The summed E-state index contributed by atoms with van der Waals surface area (Å²) in [6.07, 6.45) is -5.18. The molecule has 0 rings (SSSR count). The molecular weight excluding hydrogens is 240 g/mol. The number of nitrogens with one attached hydrogen (secondary N) is 1. The van der Waals surface area contributed by atoms with Crippen molar-refractivity contribution >= 4 is 12.1 Å². The van der Waals surface area contributed by atoms with E-state index in [4.69, 9.17) is 9.84 Å². The maximum Gasteiger partial charge on any atom is 0.407 e. The number of hydrogen-bond acceptors (Lipinski definition) is 5. The van der Waals surface area contributed by atoms with Crippen LogP contribution in [0.3, 0.4) is 0 Å². The molecule has 0 unspecified atom stereocenters. The summed E-state index contributed by atoms with van der Waals surface area (Å²) in [6.45, 7) is 1.72. The molecular formula is C9H15F2NO5. The number of hydrogen-bond donors (Lipinski definition) is 2. The van der Waals surface area contributed by atoms with Gasteiger partial charge in [0, 0.05) is 0 Å². The first kappa shape index (κ1) is 15.6. The van der Waals surface area contributed by atoms with Gasteiger partial charge in [-0.2, -0.15) is 8.78 Å². The molecule has 0 spiro atoms. The summed E-state index contributed by atoms with van der Waals surface area (Å²) in [7, 11) is 0. The quantitative estimate of drug-likeness (QED) is 0.533. The molecule has 100 valence electrons. The molecule has 2 N–H and O–H groups in total. The number of halogens is 2. The van der Waals surface area contributed by atoms with Gasteiger partial charge in [0.15, 0.2) is 6.61 Å². The van der Waals surface area contributed by atoms with Crippen LogP contribution in [0.1, 0.15) is 13.8 Å². The van der Waals surface area contributed by atoms with Gasteiger partial charge in [-0.05, 0) is 0 Å². The Bertz CT molecular complexity index is 265. The van der Waals surface area contributed by atoms with E-state index >= 15 is 0 Å². The average molecular weight is 255 g/mol. The number of alkyl halides is 2. The number of alkyl carbamates (subject to hydrolysis) is 1. The summed E-state index contributed by atoms with van der Waals surface area (Å²) in [4.78, 5) is 21.7. The van der Waals surface area contributed by atoms with E-state index in [1.165, 1.54) is 0 Å². The monoisotopic (exact) mass is 255 g/mol. The highest BCUT2D eigenvalue weighted by Crippen LogP contribution is 2.07. The van der Waals surface area contributed by atoms with Crippen LogP contribution in [0.4, 0.5) is 13.6 Å². The molecule has 0 saturated heterocycles. The van der Waals surface area contributed by atoms with E-state index in [9.17, 15) is 18.4 Å². The van der Waals surface area contributed by atoms with Gasteiger partial charge in [0.1, 0.15) is 6.61 Å². The number of carbonyl (C=O) groups is 2. The molecule has 6 nitrogen and oxygen atoms in total. The second kappa shape index (κ2) is 7.00. The van der Waals surface area contributed by atoms with Crippen molar-refractivity contribution in [2.75, 3.05) is 19.8 Å². The second-order valence-electron chi connectivity index (χ2n) is 3.49. The molecule has 17 heavy (non-hydrogen) atoms. The maximum atomic E-state index is 11.8. The molecule has 1 amide bonds. The Labute approximate surface area is 96.9 Å². The van der Waals surface area contributed by atoms with Crippen LogP contribution >= 0.6 is 0 Å². The summed E-state index contributed by atoms with van der Waals surface area (Å²) >= 11 is 0. The van der Waals surface area contributed by atoms with E-state index in [0.717, 1.165) is 0 Å². The first-order chi connectivity index (χ1) is 7.72. The van der Waals surface area contributed by atoms with Crippen LogP contribution in [-0.2, 0) is 14.3 Å². The fraction of sp³-hybridized carbons (Fsp3) is 0.778. The van der Waals surface area contributed by atoms with Gasteiger partial charge in [0.2, 0.25) is 0 Å².